The second kappa shape index (κ2) is 6.27. The van der Waals surface area contributed by atoms with Crippen molar-refractivity contribution < 1.29 is 9.53 Å². The lowest BCUT2D eigenvalue weighted by Gasteiger charge is -2.23. The lowest BCUT2D eigenvalue weighted by Crippen LogP contribution is -2.35. The first-order chi connectivity index (χ1) is 10.3. The molecule has 110 valence electrons. The molecular formula is C18H21NO2. The van der Waals surface area contributed by atoms with Crippen LogP contribution in [0.4, 0.5) is 0 Å². The lowest BCUT2D eigenvalue weighted by molar-refractivity contribution is 0.0737. The number of benzene rings is 2. The monoisotopic (exact) mass is 283 g/mol. The molecule has 1 fully saturated rings. The zero-order valence-electron chi connectivity index (χ0n) is 12.4. The summed E-state index contributed by atoms with van der Waals surface area (Å²) in [7, 11) is 0. The minimum Gasteiger partial charge on any atom is -0.379 e. The van der Waals surface area contributed by atoms with Crippen molar-refractivity contribution in [3.05, 3.63) is 48.0 Å². The summed E-state index contributed by atoms with van der Waals surface area (Å²) in [5.74, 6) is 0.557. The molecule has 0 radical (unpaired) electrons. The number of carbonyl (C=O) groups excluding carboxylic acids is 1. The van der Waals surface area contributed by atoms with Crippen LogP contribution >= 0.6 is 0 Å². The maximum Gasteiger partial charge on any atom is 0.253 e. The summed E-state index contributed by atoms with van der Waals surface area (Å²) in [6.07, 6.45) is 1.04. The molecule has 1 heterocycles. The van der Waals surface area contributed by atoms with Crippen molar-refractivity contribution in [2.75, 3.05) is 26.3 Å². The Labute approximate surface area is 125 Å². The Kier molecular flexibility index (Phi) is 4.20. The second-order valence-electron chi connectivity index (χ2n) is 5.66. The van der Waals surface area contributed by atoms with Crippen molar-refractivity contribution in [1.82, 2.24) is 4.90 Å². The van der Waals surface area contributed by atoms with Gasteiger partial charge in [0.05, 0.1) is 13.2 Å². The summed E-state index contributed by atoms with van der Waals surface area (Å²) in [5.41, 5.74) is 0.769. The van der Waals surface area contributed by atoms with E-state index in [-0.39, 0.29) is 5.91 Å². The van der Waals surface area contributed by atoms with Crippen LogP contribution in [0.15, 0.2) is 42.5 Å². The fraction of sp³-hybridized carbons (Fsp3) is 0.389. The standard InChI is InChI=1S/C18H21NO2/c1-2-14-12-19(9-10-21-13-14)18(20)17-8-7-15-5-3-4-6-16(15)11-17/h3-8,11,14H,2,9-10,12-13H2,1H3. The number of fused-ring (bicyclic) bond motifs is 1. The molecule has 3 nitrogen and oxygen atoms in total. The molecule has 21 heavy (non-hydrogen) atoms. The Morgan fingerprint density at radius 1 is 1.24 bits per heavy atom. The highest BCUT2D eigenvalue weighted by molar-refractivity contribution is 5.98. The third-order valence-electron chi connectivity index (χ3n) is 4.20. The van der Waals surface area contributed by atoms with Gasteiger partial charge in [0.25, 0.3) is 5.91 Å². The molecule has 3 rings (SSSR count). The van der Waals surface area contributed by atoms with Gasteiger partial charge in [-0.2, -0.15) is 0 Å². The van der Waals surface area contributed by atoms with Gasteiger partial charge in [-0.25, -0.2) is 0 Å². The quantitative estimate of drug-likeness (QED) is 0.846. The van der Waals surface area contributed by atoms with Crippen LogP contribution in [0, 0.1) is 5.92 Å². The van der Waals surface area contributed by atoms with Crippen molar-refractivity contribution in [2.24, 2.45) is 5.92 Å². The van der Waals surface area contributed by atoms with Gasteiger partial charge < -0.3 is 9.64 Å². The summed E-state index contributed by atoms with van der Waals surface area (Å²) in [5, 5.41) is 2.28. The van der Waals surface area contributed by atoms with Gasteiger partial charge in [0.15, 0.2) is 0 Å². The number of ether oxygens (including phenoxy) is 1. The Bertz CT molecular complexity index is 638. The van der Waals surface area contributed by atoms with Gasteiger partial charge in [0.2, 0.25) is 0 Å². The van der Waals surface area contributed by atoms with Gasteiger partial charge in [-0.05, 0) is 35.2 Å². The largest absolute Gasteiger partial charge is 0.379 e. The molecule has 0 saturated carbocycles. The number of amides is 1. The molecule has 1 saturated heterocycles. The van der Waals surface area contributed by atoms with Crippen LogP contribution in [-0.4, -0.2) is 37.1 Å². The Morgan fingerprint density at radius 2 is 2.05 bits per heavy atom. The van der Waals surface area contributed by atoms with E-state index in [1.165, 1.54) is 5.39 Å². The fourth-order valence-electron chi connectivity index (χ4n) is 2.82. The Hall–Kier alpha value is -1.87. The van der Waals surface area contributed by atoms with E-state index < -0.39 is 0 Å². The normalized spacial score (nSPS) is 19.5. The first kappa shape index (κ1) is 14.1. The summed E-state index contributed by atoms with van der Waals surface area (Å²) in [4.78, 5) is 14.7. The number of nitrogens with zero attached hydrogens (tertiary/aromatic N) is 1. The van der Waals surface area contributed by atoms with E-state index in [0.29, 0.717) is 19.1 Å². The van der Waals surface area contributed by atoms with Crippen LogP contribution in [0.5, 0.6) is 0 Å². The molecule has 0 spiro atoms. The topological polar surface area (TPSA) is 29.5 Å². The van der Waals surface area contributed by atoms with Crippen molar-refractivity contribution in [3.63, 3.8) is 0 Å². The lowest BCUT2D eigenvalue weighted by atomic mass is 10.0. The van der Waals surface area contributed by atoms with Crippen LogP contribution in [0.3, 0.4) is 0 Å². The van der Waals surface area contributed by atoms with Crippen molar-refractivity contribution in [1.29, 1.82) is 0 Å². The number of hydrogen-bond acceptors (Lipinski definition) is 2. The minimum absolute atomic E-state index is 0.115. The van der Waals surface area contributed by atoms with E-state index in [0.717, 1.165) is 30.5 Å². The van der Waals surface area contributed by atoms with E-state index in [1.54, 1.807) is 0 Å². The predicted molar refractivity (Wildman–Crippen MR) is 84.5 cm³/mol. The third-order valence-corrected chi connectivity index (χ3v) is 4.20. The molecule has 1 aliphatic rings. The van der Waals surface area contributed by atoms with Crippen molar-refractivity contribution >= 4 is 16.7 Å². The van der Waals surface area contributed by atoms with Crippen LogP contribution in [0.2, 0.25) is 0 Å². The molecule has 0 aliphatic carbocycles. The average Bonchev–Trinajstić information content (AvgIpc) is 2.79. The van der Waals surface area contributed by atoms with Crippen LogP contribution in [-0.2, 0) is 4.74 Å². The van der Waals surface area contributed by atoms with Gasteiger partial charge in [-0.3, -0.25) is 4.79 Å². The third kappa shape index (κ3) is 3.08. The molecule has 1 amide bonds. The van der Waals surface area contributed by atoms with Crippen LogP contribution in [0.25, 0.3) is 10.8 Å². The zero-order valence-corrected chi connectivity index (χ0v) is 12.4. The van der Waals surface area contributed by atoms with Crippen molar-refractivity contribution in [3.8, 4) is 0 Å². The smallest absolute Gasteiger partial charge is 0.253 e. The molecule has 1 unspecified atom stereocenters. The van der Waals surface area contributed by atoms with Gasteiger partial charge in [0, 0.05) is 18.7 Å². The Morgan fingerprint density at radius 3 is 2.86 bits per heavy atom. The highest BCUT2D eigenvalue weighted by Crippen LogP contribution is 2.18. The predicted octanol–water partition coefficient (Wildman–Crippen LogP) is 3.34. The summed E-state index contributed by atoms with van der Waals surface area (Å²) in [6.45, 7) is 5.02. The molecule has 1 atom stereocenters. The molecule has 2 aromatic carbocycles. The first-order valence-electron chi connectivity index (χ1n) is 7.63. The molecule has 1 aliphatic heterocycles. The van der Waals surface area contributed by atoms with Gasteiger partial charge >= 0.3 is 0 Å². The fourth-order valence-corrected chi connectivity index (χ4v) is 2.82. The van der Waals surface area contributed by atoms with Gasteiger partial charge in [0.1, 0.15) is 0 Å². The Balaban J connectivity index is 1.85. The van der Waals surface area contributed by atoms with Gasteiger partial charge in [-0.15, -0.1) is 0 Å². The van der Waals surface area contributed by atoms with E-state index in [9.17, 15) is 4.79 Å². The van der Waals surface area contributed by atoms with Crippen molar-refractivity contribution in [2.45, 2.75) is 13.3 Å². The van der Waals surface area contributed by atoms with E-state index in [2.05, 4.69) is 13.0 Å². The van der Waals surface area contributed by atoms with E-state index in [1.807, 2.05) is 41.3 Å². The molecule has 0 aromatic heterocycles. The zero-order chi connectivity index (χ0) is 14.7. The molecule has 3 heteroatoms. The van der Waals surface area contributed by atoms with Crippen LogP contribution < -0.4 is 0 Å². The first-order valence-corrected chi connectivity index (χ1v) is 7.63. The maximum absolute atomic E-state index is 12.7. The average molecular weight is 283 g/mol. The molecule has 0 bridgehead atoms. The highest BCUT2D eigenvalue weighted by atomic mass is 16.5. The second-order valence-corrected chi connectivity index (χ2v) is 5.66. The van der Waals surface area contributed by atoms with Gasteiger partial charge in [-0.1, -0.05) is 37.3 Å². The van der Waals surface area contributed by atoms with E-state index in [4.69, 9.17) is 4.74 Å². The molecule has 2 aromatic rings. The SMILES string of the molecule is CCC1COCCN(C(=O)c2ccc3ccccc3c2)C1. The molecular weight excluding hydrogens is 262 g/mol. The number of carbonyl (C=O) groups is 1. The number of hydrogen-bond donors (Lipinski definition) is 0. The highest BCUT2D eigenvalue weighted by Gasteiger charge is 2.22. The minimum atomic E-state index is 0.115. The number of rotatable bonds is 2. The van der Waals surface area contributed by atoms with Crippen LogP contribution in [0.1, 0.15) is 23.7 Å². The summed E-state index contributed by atoms with van der Waals surface area (Å²) in [6, 6.07) is 14.1. The summed E-state index contributed by atoms with van der Waals surface area (Å²) >= 11 is 0. The maximum atomic E-state index is 12.7. The van der Waals surface area contributed by atoms with E-state index >= 15 is 0 Å². The molecule has 0 N–H and O–H groups in total. The summed E-state index contributed by atoms with van der Waals surface area (Å²) < 4.78 is 5.59.